The number of halogens is 1. The Kier molecular flexibility index (Phi) is 4.02. The number of piperidine rings is 1. The second kappa shape index (κ2) is 6.18. The predicted octanol–water partition coefficient (Wildman–Crippen LogP) is 2.24. The van der Waals surface area contributed by atoms with E-state index in [0.29, 0.717) is 30.1 Å². The van der Waals surface area contributed by atoms with Crippen LogP contribution in [0.15, 0.2) is 28.9 Å². The maximum absolute atomic E-state index is 13.7. The number of nitrogens with zero attached hydrogens (tertiary/aromatic N) is 2. The maximum atomic E-state index is 13.7. The van der Waals surface area contributed by atoms with Crippen LogP contribution in [0.2, 0.25) is 0 Å². The first-order valence-electron chi connectivity index (χ1n) is 8.50. The molecule has 4 rings (SSSR count). The topological polar surface area (TPSA) is 56.9 Å². The first-order valence-corrected chi connectivity index (χ1v) is 8.50. The molecule has 2 saturated heterocycles. The van der Waals surface area contributed by atoms with Crippen LogP contribution in [-0.4, -0.2) is 59.1 Å². The van der Waals surface area contributed by atoms with Crippen molar-refractivity contribution in [3.8, 4) is 0 Å². The Morgan fingerprint density at radius 3 is 2.67 bits per heavy atom. The van der Waals surface area contributed by atoms with E-state index in [1.54, 1.807) is 12.1 Å². The average molecular weight is 332 g/mol. The molecule has 1 aromatic carbocycles. The van der Waals surface area contributed by atoms with E-state index in [1.165, 1.54) is 12.3 Å². The van der Waals surface area contributed by atoms with E-state index in [-0.39, 0.29) is 17.6 Å². The van der Waals surface area contributed by atoms with Gasteiger partial charge < -0.3 is 14.4 Å². The summed E-state index contributed by atoms with van der Waals surface area (Å²) in [6.45, 7) is 3.05. The quantitative estimate of drug-likeness (QED) is 0.916. The molecule has 0 aliphatic carbocycles. The highest BCUT2D eigenvalue weighted by Crippen LogP contribution is 2.26. The summed E-state index contributed by atoms with van der Waals surface area (Å²) in [5, 5.41) is 10.2. The second-order valence-electron chi connectivity index (χ2n) is 6.72. The molecule has 3 heterocycles. The van der Waals surface area contributed by atoms with Gasteiger partial charge in [-0.3, -0.25) is 9.69 Å². The fourth-order valence-electron chi connectivity index (χ4n) is 3.92. The Morgan fingerprint density at radius 2 is 1.96 bits per heavy atom. The minimum atomic E-state index is -0.446. The number of carbonyl (C=O) groups excluding carboxylic acids is 1. The summed E-state index contributed by atoms with van der Waals surface area (Å²) in [4.78, 5) is 17.0. The summed E-state index contributed by atoms with van der Waals surface area (Å²) < 4.78 is 18.9. The van der Waals surface area contributed by atoms with Gasteiger partial charge in [0.25, 0.3) is 5.91 Å². The molecule has 2 aliphatic heterocycles. The lowest BCUT2D eigenvalue weighted by Crippen LogP contribution is -2.46. The Hall–Kier alpha value is -1.92. The standard InChI is InChI=1S/C18H21FN2O3/c19-16-2-1-15(14-6-10-24-17(14)16)18(23)20-7-3-12(4-8-20)21-9-5-13(22)11-21/h1-2,6,10,12-13,22H,3-5,7-9,11H2. The minimum absolute atomic E-state index is 0.0682. The Bertz CT molecular complexity index is 752. The van der Waals surface area contributed by atoms with Crippen molar-refractivity contribution in [3.05, 3.63) is 35.8 Å². The number of fused-ring (bicyclic) bond motifs is 1. The van der Waals surface area contributed by atoms with Gasteiger partial charge in [-0.25, -0.2) is 4.39 Å². The summed E-state index contributed by atoms with van der Waals surface area (Å²) in [7, 11) is 0. The third kappa shape index (κ3) is 2.70. The molecule has 1 N–H and O–H groups in total. The average Bonchev–Trinajstić information content (AvgIpc) is 3.24. The Morgan fingerprint density at radius 1 is 1.17 bits per heavy atom. The fraction of sp³-hybridized carbons (Fsp3) is 0.500. The monoisotopic (exact) mass is 332 g/mol. The van der Waals surface area contributed by atoms with Crippen LogP contribution < -0.4 is 0 Å². The van der Waals surface area contributed by atoms with Crippen molar-refractivity contribution in [3.63, 3.8) is 0 Å². The molecule has 2 aliphatic rings. The van der Waals surface area contributed by atoms with Gasteiger partial charge in [0.1, 0.15) is 0 Å². The maximum Gasteiger partial charge on any atom is 0.254 e. The minimum Gasteiger partial charge on any atom is -0.461 e. The largest absolute Gasteiger partial charge is 0.461 e. The summed E-state index contributed by atoms with van der Waals surface area (Å²) in [5.41, 5.74) is 0.636. The third-order valence-corrected chi connectivity index (χ3v) is 5.26. The van der Waals surface area contributed by atoms with Crippen LogP contribution in [0.3, 0.4) is 0 Å². The number of amides is 1. The molecule has 0 bridgehead atoms. The first kappa shape index (κ1) is 15.6. The Labute approximate surface area is 139 Å². The first-order chi connectivity index (χ1) is 11.6. The SMILES string of the molecule is O=C(c1ccc(F)c2occc12)N1CCC(N2CCC(O)C2)CC1. The number of rotatable bonds is 2. The van der Waals surface area contributed by atoms with Crippen LogP contribution in [-0.2, 0) is 0 Å². The second-order valence-corrected chi connectivity index (χ2v) is 6.72. The van der Waals surface area contributed by atoms with Crippen molar-refractivity contribution < 1.29 is 18.7 Å². The van der Waals surface area contributed by atoms with Crippen LogP contribution in [0.5, 0.6) is 0 Å². The number of β-amino-alcohol motifs (C(OH)–C–C–N with tert-alkyl or cyclic N) is 1. The summed E-state index contributed by atoms with van der Waals surface area (Å²) >= 11 is 0. The lowest BCUT2D eigenvalue weighted by atomic mass is 10.0. The molecule has 6 heteroatoms. The fourth-order valence-corrected chi connectivity index (χ4v) is 3.92. The van der Waals surface area contributed by atoms with Gasteiger partial charge in [0.15, 0.2) is 11.4 Å². The Balaban J connectivity index is 1.46. The van der Waals surface area contributed by atoms with Crippen LogP contribution in [0, 0.1) is 5.82 Å². The number of hydrogen-bond acceptors (Lipinski definition) is 4. The molecule has 5 nitrogen and oxygen atoms in total. The normalized spacial score (nSPS) is 23.2. The van der Waals surface area contributed by atoms with Crippen molar-refractivity contribution >= 4 is 16.9 Å². The van der Waals surface area contributed by atoms with Crippen molar-refractivity contribution in [2.75, 3.05) is 26.2 Å². The van der Waals surface area contributed by atoms with E-state index >= 15 is 0 Å². The van der Waals surface area contributed by atoms with Crippen LogP contribution >= 0.6 is 0 Å². The summed E-state index contributed by atoms with van der Waals surface area (Å²) in [6.07, 6.45) is 3.86. The van der Waals surface area contributed by atoms with Crippen molar-refractivity contribution in [1.29, 1.82) is 0 Å². The predicted molar refractivity (Wildman–Crippen MR) is 87.3 cm³/mol. The van der Waals surface area contributed by atoms with Gasteiger partial charge in [-0.15, -0.1) is 0 Å². The molecule has 2 aromatic rings. The van der Waals surface area contributed by atoms with Crippen LogP contribution in [0.4, 0.5) is 4.39 Å². The van der Waals surface area contributed by atoms with E-state index in [1.807, 2.05) is 4.90 Å². The molecular formula is C18H21FN2O3. The molecule has 1 atom stereocenters. The van der Waals surface area contributed by atoms with E-state index in [2.05, 4.69) is 4.90 Å². The smallest absolute Gasteiger partial charge is 0.254 e. The van der Waals surface area contributed by atoms with Gasteiger partial charge in [-0.2, -0.15) is 0 Å². The number of aliphatic hydroxyl groups excluding tert-OH is 1. The van der Waals surface area contributed by atoms with Gasteiger partial charge in [-0.05, 0) is 37.5 Å². The number of carbonyl (C=O) groups is 1. The van der Waals surface area contributed by atoms with E-state index in [4.69, 9.17) is 4.42 Å². The lowest BCUT2D eigenvalue weighted by molar-refractivity contribution is 0.0629. The zero-order chi connectivity index (χ0) is 16.7. The summed E-state index contributed by atoms with van der Waals surface area (Å²) in [6, 6.07) is 4.91. The van der Waals surface area contributed by atoms with E-state index in [9.17, 15) is 14.3 Å². The number of furan rings is 1. The van der Waals surface area contributed by atoms with Gasteiger partial charge in [0, 0.05) is 37.6 Å². The molecule has 128 valence electrons. The third-order valence-electron chi connectivity index (χ3n) is 5.26. The lowest BCUT2D eigenvalue weighted by Gasteiger charge is -2.36. The van der Waals surface area contributed by atoms with Crippen LogP contribution in [0.25, 0.3) is 11.0 Å². The molecule has 1 unspecified atom stereocenters. The molecule has 24 heavy (non-hydrogen) atoms. The number of hydrogen-bond donors (Lipinski definition) is 1. The molecule has 1 amide bonds. The van der Waals surface area contributed by atoms with Gasteiger partial charge in [-0.1, -0.05) is 0 Å². The van der Waals surface area contributed by atoms with Crippen molar-refractivity contribution in [2.45, 2.75) is 31.4 Å². The van der Waals surface area contributed by atoms with Crippen molar-refractivity contribution in [1.82, 2.24) is 9.80 Å². The number of likely N-dealkylation sites (tertiary alicyclic amines) is 2. The zero-order valence-corrected chi connectivity index (χ0v) is 13.4. The van der Waals surface area contributed by atoms with E-state index < -0.39 is 5.82 Å². The zero-order valence-electron chi connectivity index (χ0n) is 13.4. The molecule has 2 fully saturated rings. The molecule has 1 aromatic heterocycles. The number of aliphatic hydroxyl groups is 1. The van der Waals surface area contributed by atoms with Gasteiger partial charge >= 0.3 is 0 Å². The summed E-state index contributed by atoms with van der Waals surface area (Å²) in [5.74, 6) is -0.515. The number of benzene rings is 1. The molecule has 0 spiro atoms. The molecule has 0 saturated carbocycles. The van der Waals surface area contributed by atoms with Gasteiger partial charge in [0.2, 0.25) is 0 Å². The molecular weight excluding hydrogens is 311 g/mol. The van der Waals surface area contributed by atoms with Crippen molar-refractivity contribution in [2.24, 2.45) is 0 Å². The van der Waals surface area contributed by atoms with E-state index in [0.717, 1.165) is 32.4 Å². The molecule has 0 radical (unpaired) electrons. The van der Waals surface area contributed by atoms with Gasteiger partial charge in [0.05, 0.1) is 17.9 Å². The highest BCUT2D eigenvalue weighted by atomic mass is 19.1. The van der Waals surface area contributed by atoms with Crippen LogP contribution in [0.1, 0.15) is 29.6 Å². The highest BCUT2D eigenvalue weighted by molar-refractivity contribution is 6.06. The highest BCUT2D eigenvalue weighted by Gasteiger charge is 2.31.